The quantitative estimate of drug-likeness (QED) is 0.777. The number of amides is 3. The molecule has 0 aromatic carbocycles. The predicted octanol–water partition coefficient (Wildman–Crippen LogP) is 0.274. The van der Waals surface area contributed by atoms with Gasteiger partial charge in [0.05, 0.1) is 6.42 Å². The molecule has 3 amide bonds. The number of carbonyl (C=O) groups excluding carboxylic acids is 3. The third-order valence-corrected chi connectivity index (χ3v) is 3.33. The van der Waals surface area contributed by atoms with Crippen molar-refractivity contribution in [3.63, 3.8) is 0 Å². The highest BCUT2D eigenvalue weighted by Crippen LogP contribution is 2.21. The van der Waals surface area contributed by atoms with Gasteiger partial charge in [-0.2, -0.15) is 0 Å². The summed E-state index contributed by atoms with van der Waals surface area (Å²) in [5.41, 5.74) is -0.355. The van der Waals surface area contributed by atoms with Gasteiger partial charge in [0.2, 0.25) is 17.7 Å². The van der Waals surface area contributed by atoms with Gasteiger partial charge < -0.3 is 15.5 Å². The van der Waals surface area contributed by atoms with Crippen molar-refractivity contribution in [3.8, 4) is 0 Å². The molecule has 6 nitrogen and oxygen atoms in total. The molecule has 0 aromatic rings. The van der Waals surface area contributed by atoms with Crippen molar-refractivity contribution in [1.82, 2.24) is 15.5 Å². The SMILES string of the molecule is CNC(=O)C(CC(=O)NC(C)(C)C)N1CCC(C)C1=O. The van der Waals surface area contributed by atoms with Crippen LogP contribution in [-0.4, -0.2) is 47.8 Å². The Morgan fingerprint density at radius 1 is 1.40 bits per heavy atom. The molecule has 1 heterocycles. The van der Waals surface area contributed by atoms with Crippen LogP contribution >= 0.6 is 0 Å². The van der Waals surface area contributed by atoms with E-state index in [4.69, 9.17) is 0 Å². The van der Waals surface area contributed by atoms with E-state index < -0.39 is 6.04 Å². The zero-order valence-corrected chi connectivity index (χ0v) is 12.9. The summed E-state index contributed by atoms with van der Waals surface area (Å²) in [6, 6.07) is -0.722. The number of likely N-dealkylation sites (N-methyl/N-ethyl adjacent to an activating group) is 1. The van der Waals surface area contributed by atoms with Crippen LogP contribution in [0, 0.1) is 5.92 Å². The highest BCUT2D eigenvalue weighted by molar-refractivity contribution is 5.93. The molecule has 0 bridgehead atoms. The van der Waals surface area contributed by atoms with Crippen LogP contribution in [0.4, 0.5) is 0 Å². The molecule has 1 saturated heterocycles. The second kappa shape index (κ2) is 6.24. The van der Waals surface area contributed by atoms with E-state index in [1.165, 1.54) is 11.9 Å². The minimum absolute atomic E-state index is 0.00456. The maximum Gasteiger partial charge on any atom is 0.243 e. The molecule has 1 aliphatic heterocycles. The van der Waals surface area contributed by atoms with Crippen molar-refractivity contribution >= 4 is 17.7 Å². The van der Waals surface area contributed by atoms with Gasteiger partial charge in [-0.1, -0.05) is 6.92 Å². The topological polar surface area (TPSA) is 78.5 Å². The number of hydrogen-bond donors (Lipinski definition) is 2. The number of likely N-dealkylation sites (tertiary alicyclic amines) is 1. The molecular weight excluding hydrogens is 258 g/mol. The average Bonchev–Trinajstić information content (AvgIpc) is 2.64. The van der Waals surface area contributed by atoms with E-state index in [9.17, 15) is 14.4 Å². The number of nitrogens with one attached hydrogen (secondary N) is 2. The van der Waals surface area contributed by atoms with Crippen LogP contribution in [0.3, 0.4) is 0 Å². The van der Waals surface area contributed by atoms with Crippen LogP contribution in [0.25, 0.3) is 0 Å². The fourth-order valence-electron chi connectivity index (χ4n) is 2.31. The molecule has 0 aromatic heterocycles. The molecule has 1 aliphatic rings. The van der Waals surface area contributed by atoms with Gasteiger partial charge in [0.25, 0.3) is 0 Å². The Bertz CT molecular complexity index is 401. The van der Waals surface area contributed by atoms with Crippen LogP contribution in [0.15, 0.2) is 0 Å². The summed E-state index contributed by atoms with van der Waals surface area (Å²) in [4.78, 5) is 37.5. The lowest BCUT2D eigenvalue weighted by molar-refractivity contribution is -0.141. The second-order valence-corrected chi connectivity index (χ2v) is 6.35. The zero-order valence-electron chi connectivity index (χ0n) is 12.9. The van der Waals surface area contributed by atoms with Crippen molar-refractivity contribution in [3.05, 3.63) is 0 Å². The second-order valence-electron chi connectivity index (χ2n) is 6.35. The normalized spacial score (nSPS) is 20.8. The number of hydrogen-bond acceptors (Lipinski definition) is 3. The molecule has 0 aliphatic carbocycles. The molecule has 0 spiro atoms. The standard InChI is InChI=1S/C14H25N3O3/c1-9-6-7-17(13(9)20)10(12(19)15-5)8-11(18)16-14(2,3)4/h9-10H,6-8H2,1-5H3,(H,15,19)(H,16,18). The number of rotatable bonds is 4. The van der Waals surface area contributed by atoms with Gasteiger partial charge in [-0.3, -0.25) is 14.4 Å². The third-order valence-electron chi connectivity index (χ3n) is 3.33. The molecule has 2 unspecified atom stereocenters. The molecule has 6 heteroatoms. The number of nitrogens with zero attached hydrogens (tertiary/aromatic N) is 1. The summed E-state index contributed by atoms with van der Waals surface area (Å²) in [6.07, 6.45) is 0.725. The highest BCUT2D eigenvalue weighted by atomic mass is 16.2. The first kappa shape index (κ1) is 16.5. The van der Waals surface area contributed by atoms with E-state index in [0.717, 1.165) is 6.42 Å². The maximum absolute atomic E-state index is 12.0. The fraction of sp³-hybridized carbons (Fsp3) is 0.786. The van der Waals surface area contributed by atoms with Crippen LogP contribution in [0.5, 0.6) is 0 Å². The Morgan fingerprint density at radius 2 is 2.00 bits per heavy atom. The lowest BCUT2D eigenvalue weighted by Crippen LogP contribution is -2.51. The smallest absolute Gasteiger partial charge is 0.243 e. The molecule has 1 fully saturated rings. The van der Waals surface area contributed by atoms with Gasteiger partial charge >= 0.3 is 0 Å². The van der Waals surface area contributed by atoms with Crippen LogP contribution < -0.4 is 10.6 Å². The van der Waals surface area contributed by atoms with Gasteiger partial charge in [0.15, 0.2) is 0 Å². The monoisotopic (exact) mass is 283 g/mol. The Hall–Kier alpha value is -1.59. The molecule has 0 radical (unpaired) electrons. The van der Waals surface area contributed by atoms with Gasteiger partial charge in [-0.15, -0.1) is 0 Å². The zero-order chi connectivity index (χ0) is 15.5. The molecular formula is C14H25N3O3. The first-order chi connectivity index (χ1) is 9.15. The van der Waals surface area contributed by atoms with E-state index in [1.54, 1.807) is 0 Å². The van der Waals surface area contributed by atoms with Crippen molar-refractivity contribution < 1.29 is 14.4 Å². The lowest BCUT2D eigenvalue weighted by atomic mass is 10.1. The van der Waals surface area contributed by atoms with E-state index in [-0.39, 0.29) is 35.6 Å². The van der Waals surface area contributed by atoms with Gasteiger partial charge in [-0.05, 0) is 27.2 Å². The van der Waals surface area contributed by atoms with Crippen LogP contribution in [-0.2, 0) is 14.4 Å². The summed E-state index contributed by atoms with van der Waals surface area (Å²) < 4.78 is 0. The van der Waals surface area contributed by atoms with E-state index >= 15 is 0 Å². The molecule has 114 valence electrons. The summed E-state index contributed by atoms with van der Waals surface area (Å²) in [5.74, 6) is -0.648. The molecule has 20 heavy (non-hydrogen) atoms. The first-order valence-corrected chi connectivity index (χ1v) is 6.99. The highest BCUT2D eigenvalue weighted by Gasteiger charge is 2.37. The average molecular weight is 283 g/mol. The summed E-state index contributed by atoms with van der Waals surface area (Å²) in [6.45, 7) is 8.01. The summed E-state index contributed by atoms with van der Waals surface area (Å²) >= 11 is 0. The van der Waals surface area contributed by atoms with E-state index in [1.807, 2.05) is 27.7 Å². The van der Waals surface area contributed by atoms with Crippen molar-refractivity contribution in [2.45, 2.75) is 52.1 Å². The maximum atomic E-state index is 12.0. The fourth-order valence-corrected chi connectivity index (χ4v) is 2.31. The summed E-state index contributed by atoms with van der Waals surface area (Å²) in [7, 11) is 1.51. The largest absolute Gasteiger partial charge is 0.357 e. The van der Waals surface area contributed by atoms with Crippen LogP contribution in [0.2, 0.25) is 0 Å². The minimum atomic E-state index is -0.722. The Balaban J connectivity index is 2.78. The molecule has 0 saturated carbocycles. The number of carbonyl (C=O) groups is 3. The minimum Gasteiger partial charge on any atom is -0.357 e. The van der Waals surface area contributed by atoms with Crippen molar-refractivity contribution in [1.29, 1.82) is 0 Å². The Kier molecular flexibility index (Phi) is 5.14. The third kappa shape index (κ3) is 4.21. The lowest BCUT2D eigenvalue weighted by Gasteiger charge is -2.28. The predicted molar refractivity (Wildman–Crippen MR) is 75.9 cm³/mol. The van der Waals surface area contributed by atoms with Gasteiger partial charge in [-0.25, -0.2) is 0 Å². The van der Waals surface area contributed by atoms with Gasteiger partial charge in [0, 0.05) is 25.0 Å². The molecule has 2 atom stereocenters. The van der Waals surface area contributed by atoms with Crippen molar-refractivity contribution in [2.24, 2.45) is 5.92 Å². The summed E-state index contributed by atoms with van der Waals surface area (Å²) in [5, 5.41) is 5.35. The Labute approximate surface area is 120 Å². The van der Waals surface area contributed by atoms with Crippen LogP contribution in [0.1, 0.15) is 40.5 Å². The van der Waals surface area contributed by atoms with E-state index in [0.29, 0.717) is 6.54 Å². The van der Waals surface area contributed by atoms with Gasteiger partial charge in [0.1, 0.15) is 6.04 Å². The van der Waals surface area contributed by atoms with E-state index in [2.05, 4.69) is 10.6 Å². The Morgan fingerprint density at radius 3 is 2.40 bits per heavy atom. The molecule has 1 rings (SSSR count). The van der Waals surface area contributed by atoms with Crippen molar-refractivity contribution in [2.75, 3.05) is 13.6 Å². The first-order valence-electron chi connectivity index (χ1n) is 6.99. The molecule has 2 N–H and O–H groups in total.